The highest BCUT2D eigenvalue weighted by Gasteiger charge is 2.26. The van der Waals surface area contributed by atoms with Gasteiger partial charge in [-0.25, -0.2) is 0 Å². The number of hydrogen-bond acceptors (Lipinski definition) is 4. The molecule has 1 aliphatic rings. The van der Waals surface area contributed by atoms with Gasteiger partial charge >= 0.3 is 0 Å². The Bertz CT molecular complexity index is 797. The van der Waals surface area contributed by atoms with Crippen molar-refractivity contribution in [2.24, 2.45) is 5.92 Å². The minimum absolute atomic E-state index is 0.0334. The van der Waals surface area contributed by atoms with Gasteiger partial charge in [0.1, 0.15) is 0 Å². The van der Waals surface area contributed by atoms with E-state index in [0.29, 0.717) is 17.2 Å². The Labute approximate surface area is 165 Å². The molecular weight excluding hydrogens is 364 g/mol. The van der Waals surface area contributed by atoms with E-state index in [2.05, 4.69) is 10.2 Å². The van der Waals surface area contributed by atoms with Crippen molar-refractivity contribution in [3.63, 3.8) is 0 Å². The summed E-state index contributed by atoms with van der Waals surface area (Å²) < 4.78 is 10.5. The normalized spacial score (nSPS) is 17.4. The van der Waals surface area contributed by atoms with Crippen LogP contribution < -0.4 is 14.8 Å². The van der Waals surface area contributed by atoms with E-state index in [0.717, 1.165) is 43.1 Å². The Morgan fingerprint density at radius 3 is 2.70 bits per heavy atom. The molecule has 2 aromatic carbocycles. The van der Waals surface area contributed by atoms with E-state index in [1.54, 1.807) is 26.4 Å². The lowest BCUT2D eigenvalue weighted by molar-refractivity contribution is -0.121. The third-order valence-corrected chi connectivity index (χ3v) is 5.25. The van der Waals surface area contributed by atoms with Crippen molar-refractivity contribution < 1.29 is 14.3 Å². The number of halogens is 1. The molecule has 6 heteroatoms. The average Bonchev–Trinajstić information content (AvgIpc) is 2.70. The SMILES string of the molecule is COc1ccc(NC(=O)[C@@H]2CCCN(Cc3ccccc3Cl)C2)cc1OC. The van der Waals surface area contributed by atoms with Crippen LogP contribution in [-0.4, -0.2) is 38.1 Å². The summed E-state index contributed by atoms with van der Waals surface area (Å²) in [5.41, 5.74) is 1.81. The fourth-order valence-corrected chi connectivity index (χ4v) is 3.63. The lowest BCUT2D eigenvalue weighted by Gasteiger charge is -2.32. The first-order valence-corrected chi connectivity index (χ1v) is 9.47. The third-order valence-electron chi connectivity index (χ3n) is 4.88. The minimum Gasteiger partial charge on any atom is -0.493 e. The summed E-state index contributed by atoms with van der Waals surface area (Å²) in [5, 5.41) is 3.78. The summed E-state index contributed by atoms with van der Waals surface area (Å²) in [4.78, 5) is 15.0. The molecule has 0 spiro atoms. The molecule has 3 rings (SSSR count). The van der Waals surface area contributed by atoms with E-state index in [1.165, 1.54) is 0 Å². The second kappa shape index (κ2) is 9.11. The van der Waals surface area contributed by atoms with E-state index in [-0.39, 0.29) is 11.8 Å². The Hall–Kier alpha value is -2.24. The van der Waals surface area contributed by atoms with E-state index < -0.39 is 0 Å². The van der Waals surface area contributed by atoms with Crippen LogP contribution in [0.25, 0.3) is 0 Å². The number of piperidine rings is 1. The third kappa shape index (κ3) is 4.93. The molecule has 2 aromatic rings. The molecule has 0 aliphatic carbocycles. The van der Waals surface area contributed by atoms with E-state index in [1.807, 2.05) is 30.3 Å². The van der Waals surface area contributed by atoms with Gasteiger partial charge in [-0.1, -0.05) is 29.8 Å². The van der Waals surface area contributed by atoms with Crippen LogP contribution in [0.4, 0.5) is 5.69 Å². The fourth-order valence-electron chi connectivity index (χ4n) is 3.44. The number of likely N-dealkylation sites (tertiary alicyclic amines) is 1. The van der Waals surface area contributed by atoms with Crippen molar-refractivity contribution in [2.45, 2.75) is 19.4 Å². The first kappa shape index (κ1) is 19.5. The number of nitrogens with zero attached hydrogens (tertiary/aromatic N) is 1. The molecule has 0 unspecified atom stereocenters. The highest BCUT2D eigenvalue weighted by Crippen LogP contribution is 2.30. The van der Waals surface area contributed by atoms with Gasteiger partial charge in [0.2, 0.25) is 5.91 Å². The second-order valence-corrected chi connectivity index (χ2v) is 7.13. The molecule has 1 saturated heterocycles. The summed E-state index contributed by atoms with van der Waals surface area (Å²) in [6, 6.07) is 13.3. The topological polar surface area (TPSA) is 50.8 Å². The van der Waals surface area contributed by atoms with Crippen molar-refractivity contribution in [3.8, 4) is 11.5 Å². The van der Waals surface area contributed by atoms with Crippen LogP contribution >= 0.6 is 11.6 Å². The van der Waals surface area contributed by atoms with Crippen molar-refractivity contribution in [1.82, 2.24) is 4.90 Å². The molecule has 1 fully saturated rings. The summed E-state index contributed by atoms with van der Waals surface area (Å²) >= 11 is 6.27. The Balaban J connectivity index is 1.62. The molecule has 1 heterocycles. The molecule has 27 heavy (non-hydrogen) atoms. The molecule has 0 aromatic heterocycles. The molecule has 0 radical (unpaired) electrons. The quantitative estimate of drug-likeness (QED) is 0.805. The Kier molecular flexibility index (Phi) is 6.58. The minimum atomic E-state index is -0.0469. The lowest BCUT2D eigenvalue weighted by atomic mass is 9.96. The number of amides is 1. The maximum atomic E-state index is 12.8. The first-order valence-electron chi connectivity index (χ1n) is 9.09. The number of carbonyl (C=O) groups is 1. The van der Waals surface area contributed by atoms with Crippen molar-refractivity contribution in [1.29, 1.82) is 0 Å². The van der Waals surface area contributed by atoms with Crippen molar-refractivity contribution >= 4 is 23.2 Å². The highest BCUT2D eigenvalue weighted by molar-refractivity contribution is 6.31. The number of methoxy groups -OCH3 is 2. The summed E-state index contributed by atoms with van der Waals surface area (Å²) in [6.45, 7) is 2.47. The van der Waals surface area contributed by atoms with Crippen LogP contribution in [0.1, 0.15) is 18.4 Å². The van der Waals surface area contributed by atoms with Gasteiger partial charge in [-0.3, -0.25) is 9.69 Å². The van der Waals surface area contributed by atoms with Crippen LogP contribution in [0.5, 0.6) is 11.5 Å². The summed E-state index contributed by atoms with van der Waals surface area (Å²) in [6.07, 6.45) is 1.88. The number of hydrogen-bond donors (Lipinski definition) is 1. The first-order chi connectivity index (χ1) is 13.1. The molecule has 0 bridgehead atoms. The van der Waals surface area contributed by atoms with E-state index in [4.69, 9.17) is 21.1 Å². The molecule has 1 atom stereocenters. The molecule has 5 nitrogen and oxygen atoms in total. The van der Waals surface area contributed by atoms with Gasteiger partial charge in [-0.05, 0) is 43.1 Å². The molecule has 1 aliphatic heterocycles. The summed E-state index contributed by atoms with van der Waals surface area (Å²) in [5.74, 6) is 1.22. The van der Waals surface area contributed by atoms with Crippen LogP contribution in [0.15, 0.2) is 42.5 Å². The number of ether oxygens (including phenoxy) is 2. The van der Waals surface area contributed by atoms with Crippen LogP contribution in [-0.2, 0) is 11.3 Å². The zero-order valence-corrected chi connectivity index (χ0v) is 16.5. The van der Waals surface area contributed by atoms with Crippen LogP contribution in [0, 0.1) is 5.92 Å². The maximum absolute atomic E-state index is 12.8. The Morgan fingerprint density at radius 1 is 1.19 bits per heavy atom. The average molecular weight is 389 g/mol. The monoisotopic (exact) mass is 388 g/mol. The number of benzene rings is 2. The standard InChI is InChI=1S/C21H25ClN2O3/c1-26-19-10-9-17(12-20(19)27-2)23-21(25)16-7-5-11-24(14-16)13-15-6-3-4-8-18(15)22/h3-4,6,8-10,12,16H,5,7,11,13-14H2,1-2H3,(H,23,25)/t16-/m1/s1. The molecule has 144 valence electrons. The zero-order valence-electron chi connectivity index (χ0n) is 15.7. The highest BCUT2D eigenvalue weighted by atomic mass is 35.5. The van der Waals surface area contributed by atoms with E-state index in [9.17, 15) is 4.79 Å². The van der Waals surface area contributed by atoms with Gasteiger partial charge in [0.15, 0.2) is 11.5 Å². The molecular formula is C21H25ClN2O3. The van der Waals surface area contributed by atoms with Gasteiger partial charge in [0.05, 0.1) is 20.1 Å². The number of nitrogens with one attached hydrogen (secondary N) is 1. The van der Waals surface area contributed by atoms with Gasteiger partial charge in [0, 0.05) is 29.9 Å². The predicted molar refractivity (Wildman–Crippen MR) is 108 cm³/mol. The number of carbonyl (C=O) groups excluding carboxylic acids is 1. The molecule has 1 N–H and O–H groups in total. The largest absolute Gasteiger partial charge is 0.493 e. The lowest BCUT2D eigenvalue weighted by Crippen LogP contribution is -2.40. The van der Waals surface area contributed by atoms with Gasteiger partial charge in [0.25, 0.3) is 0 Å². The second-order valence-electron chi connectivity index (χ2n) is 6.72. The van der Waals surface area contributed by atoms with E-state index >= 15 is 0 Å². The van der Waals surface area contributed by atoms with Crippen molar-refractivity contribution in [3.05, 3.63) is 53.1 Å². The number of rotatable bonds is 6. The van der Waals surface area contributed by atoms with Crippen molar-refractivity contribution in [2.75, 3.05) is 32.6 Å². The number of anilines is 1. The molecule has 1 amide bonds. The fraction of sp³-hybridized carbons (Fsp3) is 0.381. The van der Waals surface area contributed by atoms with Gasteiger partial charge < -0.3 is 14.8 Å². The molecule has 0 saturated carbocycles. The van der Waals surface area contributed by atoms with Crippen LogP contribution in [0.2, 0.25) is 5.02 Å². The maximum Gasteiger partial charge on any atom is 0.228 e. The van der Waals surface area contributed by atoms with Gasteiger partial charge in [-0.15, -0.1) is 0 Å². The smallest absolute Gasteiger partial charge is 0.228 e. The Morgan fingerprint density at radius 2 is 1.96 bits per heavy atom. The van der Waals surface area contributed by atoms with Crippen LogP contribution in [0.3, 0.4) is 0 Å². The summed E-state index contributed by atoms with van der Waals surface area (Å²) in [7, 11) is 3.17. The van der Waals surface area contributed by atoms with Gasteiger partial charge in [-0.2, -0.15) is 0 Å². The zero-order chi connectivity index (χ0) is 19.2. The predicted octanol–water partition coefficient (Wildman–Crippen LogP) is 4.21.